The van der Waals surface area contributed by atoms with Crippen LogP contribution in [-0.2, 0) is 19.1 Å². The average Bonchev–Trinajstić information content (AvgIpc) is 2.35. The topological polar surface area (TPSA) is 67.9 Å². The molecule has 0 unspecified atom stereocenters. The van der Waals surface area contributed by atoms with E-state index in [1.54, 1.807) is 0 Å². The number of nitrogens with zero attached hydrogens (tertiary/aromatic N) is 1. The van der Waals surface area contributed by atoms with Crippen LogP contribution in [0.5, 0.6) is 0 Å². The van der Waals surface area contributed by atoms with Gasteiger partial charge in [-0.25, -0.2) is 9.59 Å². The molecule has 1 aromatic rings. The number of esters is 2. The van der Waals surface area contributed by atoms with Gasteiger partial charge < -0.3 is 19.7 Å². The summed E-state index contributed by atoms with van der Waals surface area (Å²) in [6.45, 7) is 5.01. The van der Waals surface area contributed by atoms with Crippen LogP contribution >= 0.6 is 0 Å². The summed E-state index contributed by atoms with van der Waals surface area (Å²) in [6.07, 6.45) is 1.31. The fourth-order valence-electron chi connectivity index (χ4n) is 2.18. The zero-order chi connectivity index (χ0) is 16.5. The highest BCUT2D eigenvalue weighted by Gasteiger charge is 2.38. The second kappa shape index (κ2) is 5.71. The van der Waals surface area contributed by atoms with E-state index in [0.717, 1.165) is 16.9 Å². The van der Waals surface area contributed by atoms with Gasteiger partial charge in [0.05, 0.1) is 0 Å². The number of nitrogens with one attached hydrogen (secondary N) is 1. The molecule has 0 saturated carbocycles. The molecule has 118 valence electrons. The normalized spacial score (nSPS) is 16.7. The van der Waals surface area contributed by atoms with Crippen LogP contribution in [0.4, 0.5) is 11.4 Å². The van der Waals surface area contributed by atoms with Crippen LogP contribution in [0, 0.1) is 6.92 Å². The van der Waals surface area contributed by atoms with Crippen molar-refractivity contribution >= 4 is 23.3 Å². The van der Waals surface area contributed by atoms with E-state index in [9.17, 15) is 9.59 Å². The first-order valence-corrected chi connectivity index (χ1v) is 6.91. The molecule has 0 atom stereocenters. The molecule has 0 bridgehead atoms. The lowest BCUT2D eigenvalue weighted by Gasteiger charge is -2.29. The minimum Gasteiger partial charge on any atom is -0.419 e. The van der Waals surface area contributed by atoms with E-state index in [1.807, 2.05) is 44.1 Å². The molecule has 1 fully saturated rings. The van der Waals surface area contributed by atoms with Crippen molar-refractivity contribution in [3.63, 3.8) is 0 Å². The van der Waals surface area contributed by atoms with Crippen molar-refractivity contribution in [2.45, 2.75) is 26.6 Å². The van der Waals surface area contributed by atoms with Crippen LogP contribution in [-0.4, -0.2) is 31.8 Å². The van der Waals surface area contributed by atoms with E-state index in [1.165, 1.54) is 20.0 Å². The van der Waals surface area contributed by atoms with Gasteiger partial charge in [-0.3, -0.25) is 0 Å². The highest BCUT2D eigenvalue weighted by atomic mass is 16.7. The number of carbonyl (C=O) groups is 2. The summed E-state index contributed by atoms with van der Waals surface area (Å²) in [7, 11) is 3.93. The summed E-state index contributed by atoms with van der Waals surface area (Å²) in [5.41, 5.74) is 2.77. The Hall–Kier alpha value is -2.50. The SMILES string of the molecule is Cc1cc(NC=C2C(=O)OC(C)(C)OC2=O)ccc1N(C)C. The fourth-order valence-corrected chi connectivity index (χ4v) is 2.18. The molecule has 0 aromatic heterocycles. The second-order valence-corrected chi connectivity index (χ2v) is 5.78. The number of cyclic esters (lactones) is 2. The summed E-state index contributed by atoms with van der Waals surface area (Å²) >= 11 is 0. The molecule has 1 aliphatic rings. The number of carbonyl (C=O) groups excluding carboxylic acids is 2. The number of benzene rings is 1. The van der Waals surface area contributed by atoms with Crippen molar-refractivity contribution in [2.24, 2.45) is 0 Å². The molecule has 0 aliphatic carbocycles. The smallest absolute Gasteiger partial charge is 0.350 e. The van der Waals surface area contributed by atoms with Gasteiger partial charge in [-0.2, -0.15) is 0 Å². The Morgan fingerprint density at radius 1 is 1.14 bits per heavy atom. The van der Waals surface area contributed by atoms with Crippen LogP contribution in [0.25, 0.3) is 0 Å². The Morgan fingerprint density at radius 3 is 2.23 bits per heavy atom. The number of rotatable bonds is 3. The predicted octanol–water partition coefficient (Wildman–Crippen LogP) is 2.19. The van der Waals surface area contributed by atoms with Crippen molar-refractivity contribution in [3.05, 3.63) is 35.5 Å². The lowest BCUT2D eigenvalue weighted by atomic mass is 10.1. The van der Waals surface area contributed by atoms with E-state index in [0.29, 0.717) is 0 Å². The largest absolute Gasteiger partial charge is 0.419 e. The van der Waals surface area contributed by atoms with Gasteiger partial charge in [0.2, 0.25) is 0 Å². The zero-order valence-corrected chi connectivity index (χ0v) is 13.4. The predicted molar refractivity (Wildman–Crippen MR) is 83.5 cm³/mol. The highest BCUT2D eigenvalue weighted by molar-refractivity contribution is 6.15. The standard InChI is InChI=1S/C16H20N2O4/c1-10-8-11(6-7-13(10)18(4)5)17-9-12-14(19)21-16(2,3)22-15(12)20/h6-9,17H,1-5H3. The summed E-state index contributed by atoms with van der Waals surface area (Å²) in [4.78, 5) is 25.6. The van der Waals surface area contributed by atoms with Gasteiger partial charge >= 0.3 is 11.9 Å². The lowest BCUT2D eigenvalue weighted by molar-refractivity contribution is -0.222. The summed E-state index contributed by atoms with van der Waals surface area (Å²) in [5.74, 6) is -2.62. The molecule has 6 nitrogen and oxygen atoms in total. The van der Waals surface area contributed by atoms with Crippen LogP contribution in [0.1, 0.15) is 19.4 Å². The number of anilines is 2. The van der Waals surface area contributed by atoms with Crippen molar-refractivity contribution in [2.75, 3.05) is 24.3 Å². The Morgan fingerprint density at radius 2 is 1.73 bits per heavy atom. The summed E-state index contributed by atoms with van der Waals surface area (Å²) in [6, 6.07) is 5.75. The minimum absolute atomic E-state index is 0.159. The third-order valence-corrected chi connectivity index (χ3v) is 3.18. The Kier molecular flexibility index (Phi) is 4.12. The van der Waals surface area contributed by atoms with Crippen molar-refractivity contribution in [1.29, 1.82) is 0 Å². The molecule has 1 aliphatic heterocycles. The average molecular weight is 304 g/mol. The molecule has 6 heteroatoms. The summed E-state index contributed by atoms with van der Waals surface area (Å²) in [5, 5.41) is 2.93. The molecular formula is C16H20N2O4. The Bertz CT molecular complexity index is 626. The molecule has 22 heavy (non-hydrogen) atoms. The maximum Gasteiger partial charge on any atom is 0.350 e. The van der Waals surface area contributed by atoms with Gasteiger partial charge in [0.15, 0.2) is 5.57 Å². The van der Waals surface area contributed by atoms with E-state index in [4.69, 9.17) is 9.47 Å². The highest BCUT2D eigenvalue weighted by Crippen LogP contribution is 2.24. The lowest BCUT2D eigenvalue weighted by Crippen LogP contribution is -2.42. The van der Waals surface area contributed by atoms with Crippen molar-refractivity contribution in [3.8, 4) is 0 Å². The monoisotopic (exact) mass is 304 g/mol. The maximum atomic E-state index is 11.8. The number of hydrogen-bond acceptors (Lipinski definition) is 6. The third-order valence-electron chi connectivity index (χ3n) is 3.18. The van der Waals surface area contributed by atoms with Gasteiger partial charge in [0.25, 0.3) is 5.79 Å². The quantitative estimate of drug-likeness (QED) is 0.524. The van der Waals surface area contributed by atoms with Crippen LogP contribution in [0.3, 0.4) is 0 Å². The second-order valence-electron chi connectivity index (χ2n) is 5.78. The number of hydrogen-bond donors (Lipinski definition) is 1. The molecule has 0 amide bonds. The van der Waals surface area contributed by atoms with E-state index in [-0.39, 0.29) is 5.57 Å². The van der Waals surface area contributed by atoms with Crippen molar-refractivity contribution in [1.82, 2.24) is 0 Å². The van der Waals surface area contributed by atoms with Crippen molar-refractivity contribution < 1.29 is 19.1 Å². The van der Waals surface area contributed by atoms with Crippen LogP contribution < -0.4 is 10.2 Å². The fraction of sp³-hybridized carbons (Fsp3) is 0.375. The molecule has 1 N–H and O–H groups in total. The van der Waals surface area contributed by atoms with Gasteiger partial charge in [-0.1, -0.05) is 0 Å². The van der Waals surface area contributed by atoms with E-state index < -0.39 is 17.7 Å². The Labute approximate surface area is 129 Å². The third kappa shape index (κ3) is 3.39. The molecule has 2 rings (SSSR count). The molecule has 1 aromatic carbocycles. The zero-order valence-electron chi connectivity index (χ0n) is 13.4. The van der Waals surface area contributed by atoms with Gasteiger partial charge in [0, 0.05) is 45.5 Å². The van der Waals surface area contributed by atoms with Crippen LogP contribution in [0.15, 0.2) is 30.0 Å². The van der Waals surface area contributed by atoms with Crippen LogP contribution in [0.2, 0.25) is 0 Å². The molecule has 0 radical (unpaired) electrons. The maximum absolute atomic E-state index is 11.8. The van der Waals surface area contributed by atoms with Gasteiger partial charge in [-0.15, -0.1) is 0 Å². The van der Waals surface area contributed by atoms with Gasteiger partial charge in [0.1, 0.15) is 0 Å². The molecule has 1 heterocycles. The first-order valence-electron chi connectivity index (χ1n) is 6.91. The first kappa shape index (κ1) is 15.9. The molecule has 0 spiro atoms. The number of ether oxygens (including phenoxy) is 2. The minimum atomic E-state index is -1.23. The van der Waals surface area contributed by atoms with E-state index >= 15 is 0 Å². The molecular weight excluding hydrogens is 284 g/mol. The number of aryl methyl sites for hydroxylation is 1. The summed E-state index contributed by atoms with van der Waals surface area (Å²) < 4.78 is 10.0. The van der Waals surface area contributed by atoms with Gasteiger partial charge in [-0.05, 0) is 30.7 Å². The molecule has 1 saturated heterocycles. The first-order chi connectivity index (χ1) is 10.2. The van der Waals surface area contributed by atoms with E-state index in [2.05, 4.69) is 5.32 Å². The Balaban J connectivity index is 2.17.